The second kappa shape index (κ2) is 5.04. The predicted octanol–water partition coefficient (Wildman–Crippen LogP) is 5.10. The minimum Gasteiger partial charge on any atom is -0.331 e. The van der Waals surface area contributed by atoms with Crippen molar-refractivity contribution < 1.29 is 4.39 Å². The second-order valence-corrected chi connectivity index (χ2v) is 5.48. The number of benzene rings is 2. The summed E-state index contributed by atoms with van der Waals surface area (Å²) in [6.45, 7) is 1.93. The predicted molar refractivity (Wildman–Crippen MR) is 82.3 cm³/mol. The van der Waals surface area contributed by atoms with Crippen molar-refractivity contribution in [2.45, 2.75) is 13.0 Å². The Kier molecular flexibility index (Phi) is 3.36. The highest BCUT2D eigenvalue weighted by molar-refractivity contribution is 7.71. The van der Waals surface area contributed by atoms with Gasteiger partial charge in [0.25, 0.3) is 0 Å². The van der Waals surface area contributed by atoms with Crippen LogP contribution in [0.2, 0.25) is 5.02 Å². The van der Waals surface area contributed by atoms with Crippen LogP contribution in [0.4, 0.5) is 4.39 Å². The summed E-state index contributed by atoms with van der Waals surface area (Å²) >= 11 is 11.3. The zero-order valence-corrected chi connectivity index (χ0v) is 12.3. The van der Waals surface area contributed by atoms with Crippen LogP contribution in [-0.4, -0.2) is 9.55 Å². The van der Waals surface area contributed by atoms with Crippen LogP contribution in [0.1, 0.15) is 18.5 Å². The summed E-state index contributed by atoms with van der Waals surface area (Å²) in [5.74, 6) is -0.231. The van der Waals surface area contributed by atoms with E-state index in [0.717, 1.165) is 11.0 Å². The van der Waals surface area contributed by atoms with Crippen molar-refractivity contribution in [3.8, 4) is 0 Å². The van der Waals surface area contributed by atoms with E-state index in [0.29, 0.717) is 15.4 Å². The lowest BCUT2D eigenvalue weighted by molar-refractivity contribution is 0.561. The van der Waals surface area contributed by atoms with Crippen LogP contribution >= 0.6 is 23.8 Å². The van der Waals surface area contributed by atoms with Gasteiger partial charge in [0.2, 0.25) is 0 Å². The summed E-state index contributed by atoms with van der Waals surface area (Å²) in [5, 5.41) is 0.638. The van der Waals surface area contributed by atoms with Crippen LogP contribution in [0.3, 0.4) is 0 Å². The Hall–Kier alpha value is -1.65. The maximum absolute atomic E-state index is 13.9. The van der Waals surface area contributed by atoms with Gasteiger partial charge >= 0.3 is 0 Å². The molecule has 0 saturated heterocycles. The van der Waals surface area contributed by atoms with Crippen molar-refractivity contribution in [3.05, 3.63) is 63.6 Å². The number of rotatable bonds is 2. The van der Waals surface area contributed by atoms with E-state index in [2.05, 4.69) is 4.98 Å². The van der Waals surface area contributed by atoms with Crippen molar-refractivity contribution in [1.29, 1.82) is 0 Å². The summed E-state index contributed by atoms with van der Waals surface area (Å²) in [5.41, 5.74) is 2.38. The van der Waals surface area contributed by atoms with E-state index in [1.165, 1.54) is 6.07 Å². The van der Waals surface area contributed by atoms with E-state index < -0.39 is 0 Å². The van der Waals surface area contributed by atoms with Gasteiger partial charge in [-0.2, -0.15) is 0 Å². The largest absolute Gasteiger partial charge is 0.331 e. The van der Waals surface area contributed by atoms with E-state index in [4.69, 9.17) is 23.8 Å². The molecule has 0 aliphatic rings. The van der Waals surface area contributed by atoms with Crippen LogP contribution in [0, 0.1) is 10.6 Å². The Labute approximate surface area is 125 Å². The van der Waals surface area contributed by atoms with Crippen molar-refractivity contribution in [1.82, 2.24) is 9.55 Å². The fourth-order valence-corrected chi connectivity index (χ4v) is 2.98. The zero-order chi connectivity index (χ0) is 14.3. The molecule has 0 bridgehead atoms. The number of halogens is 2. The fourth-order valence-electron chi connectivity index (χ4n) is 2.44. The molecule has 3 aromatic rings. The quantitative estimate of drug-likeness (QED) is 0.653. The lowest BCUT2D eigenvalue weighted by atomic mass is 10.1. The number of hydrogen-bond acceptors (Lipinski definition) is 1. The Balaban J connectivity index is 2.22. The molecule has 1 unspecified atom stereocenters. The minimum atomic E-state index is -0.231. The highest BCUT2D eigenvalue weighted by Gasteiger charge is 2.16. The standard InChI is InChI=1S/C15H12ClFN2S/c1-9(11-4-2-3-5-12(11)17)19-14-7-6-10(16)8-13(14)18-15(19)20/h2-9H,1H3,(H,18,20). The Morgan fingerprint density at radius 3 is 2.75 bits per heavy atom. The molecule has 0 amide bonds. The number of aromatic nitrogens is 2. The van der Waals surface area contributed by atoms with Gasteiger partial charge in [-0.25, -0.2) is 4.39 Å². The second-order valence-electron chi connectivity index (χ2n) is 4.66. The first-order valence-corrected chi connectivity index (χ1v) is 7.01. The van der Waals surface area contributed by atoms with Crippen molar-refractivity contribution in [3.63, 3.8) is 0 Å². The van der Waals surface area contributed by atoms with Crippen LogP contribution in [0.25, 0.3) is 11.0 Å². The molecule has 1 N–H and O–H groups in total. The summed E-state index contributed by atoms with van der Waals surface area (Å²) in [6, 6.07) is 12.1. The lowest BCUT2D eigenvalue weighted by Crippen LogP contribution is -2.08. The van der Waals surface area contributed by atoms with Gasteiger partial charge < -0.3 is 9.55 Å². The molecule has 1 aromatic heterocycles. The van der Waals surface area contributed by atoms with E-state index in [9.17, 15) is 4.39 Å². The molecule has 3 rings (SSSR count). The Bertz CT molecular complexity index is 837. The van der Waals surface area contributed by atoms with Gasteiger partial charge in [-0.3, -0.25) is 0 Å². The van der Waals surface area contributed by atoms with Gasteiger partial charge in [0, 0.05) is 10.6 Å². The third kappa shape index (κ3) is 2.15. The smallest absolute Gasteiger partial charge is 0.178 e. The molecule has 0 spiro atoms. The van der Waals surface area contributed by atoms with Crippen LogP contribution in [-0.2, 0) is 0 Å². The Morgan fingerprint density at radius 2 is 2.00 bits per heavy atom. The number of H-pyrrole nitrogens is 1. The summed E-state index contributed by atoms with van der Waals surface area (Å²) < 4.78 is 16.4. The minimum absolute atomic E-state index is 0.196. The van der Waals surface area contributed by atoms with Gasteiger partial charge in [0.1, 0.15) is 5.82 Å². The molecule has 102 valence electrons. The first kappa shape index (κ1) is 13.3. The molecule has 5 heteroatoms. The third-order valence-corrected chi connectivity index (χ3v) is 3.96. The fraction of sp³-hybridized carbons (Fsp3) is 0.133. The number of imidazole rings is 1. The Morgan fingerprint density at radius 1 is 1.25 bits per heavy atom. The molecule has 1 atom stereocenters. The molecular formula is C15H12ClFN2S. The number of fused-ring (bicyclic) bond motifs is 1. The van der Waals surface area contributed by atoms with E-state index in [1.54, 1.807) is 18.2 Å². The zero-order valence-electron chi connectivity index (χ0n) is 10.7. The van der Waals surface area contributed by atoms with Gasteiger partial charge in [0.05, 0.1) is 17.1 Å². The SMILES string of the molecule is CC(c1ccccc1F)n1c(=S)[nH]c2cc(Cl)ccc21. The van der Waals surface area contributed by atoms with Crippen molar-refractivity contribution >= 4 is 34.9 Å². The molecule has 20 heavy (non-hydrogen) atoms. The normalized spacial score (nSPS) is 12.8. The van der Waals surface area contributed by atoms with Crippen molar-refractivity contribution in [2.24, 2.45) is 0 Å². The average Bonchev–Trinajstić information content (AvgIpc) is 2.73. The third-order valence-electron chi connectivity index (χ3n) is 3.42. The van der Waals surface area contributed by atoms with E-state index in [-0.39, 0.29) is 11.9 Å². The summed E-state index contributed by atoms with van der Waals surface area (Å²) in [6.07, 6.45) is 0. The van der Waals surface area contributed by atoms with Crippen molar-refractivity contribution in [2.75, 3.05) is 0 Å². The van der Waals surface area contributed by atoms with E-state index >= 15 is 0 Å². The van der Waals surface area contributed by atoms with Crippen LogP contribution in [0.5, 0.6) is 0 Å². The number of nitrogens with one attached hydrogen (secondary N) is 1. The maximum Gasteiger partial charge on any atom is 0.178 e. The molecule has 1 heterocycles. The van der Waals surface area contributed by atoms with E-state index in [1.807, 2.05) is 29.7 Å². The molecule has 0 saturated carbocycles. The number of nitrogens with zero attached hydrogens (tertiary/aromatic N) is 1. The number of aromatic amines is 1. The number of hydrogen-bond donors (Lipinski definition) is 1. The highest BCUT2D eigenvalue weighted by atomic mass is 35.5. The molecule has 0 aliphatic heterocycles. The molecular weight excluding hydrogens is 295 g/mol. The van der Waals surface area contributed by atoms with Gasteiger partial charge in [-0.1, -0.05) is 29.8 Å². The van der Waals surface area contributed by atoms with Gasteiger partial charge in [0.15, 0.2) is 4.77 Å². The first-order valence-electron chi connectivity index (χ1n) is 6.22. The first-order chi connectivity index (χ1) is 9.58. The summed E-state index contributed by atoms with van der Waals surface area (Å²) in [4.78, 5) is 3.11. The topological polar surface area (TPSA) is 20.7 Å². The monoisotopic (exact) mass is 306 g/mol. The van der Waals surface area contributed by atoms with Crippen LogP contribution in [0.15, 0.2) is 42.5 Å². The average molecular weight is 307 g/mol. The molecule has 0 aliphatic carbocycles. The van der Waals surface area contributed by atoms with Gasteiger partial charge in [-0.15, -0.1) is 0 Å². The molecule has 0 radical (unpaired) electrons. The maximum atomic E-state index is 13.9. The summed E-state index contributed by atoms with van der Waals surface area (Å²) in [7, 11) is 0. The van der Waals surface area contributed by atoms with Gasteiger partial charge in [-0.05, 0) is 43.4 Å². The molecule has 2 nitrogen and oxygen atoms in total. The highest BCUT2D eigenvalue weighted by Crippen LogP contribution is 2.27. The molecule has 2 aromatic carbocycles. The van der Waals surface area contributed by atoms with Crippen LogP contribution < -0.4 is 0 Å². The molecule has 0 fully saturated rings. The lowest BCUT2D eigenvalue weighted by Gasteiger charge is -2.15.